The molecule has 0 saturated carbocycles. The molecule has 1 aromatic heterocycles. The van der Waals surface area contributed by atoms with Gasteiger partial charge < -0.3 is 10.6 Å². The Morgan fingerprint density at radius 3 is 2.53 bits per heavy atom. The molecule has 0 radical (unpaired) electrons. The Balaban J connectivity index is 1.58. The highest BCUT2D eigenvalue weighted by atomic mass is 79.9. The first-order valence-electron chi connectivity index (χ1n) is 11.0. The summed E-state index contributed by atoms with van der Waals surface area (Å²) in [6, 6.07) is 6.26. The molecule has 0 spiro atoms. The van der Waals surface area contributed by atoms with Gasteiger partial charge in [0, 0.05) is 52.0 Å². The van der Waals surface area contributed by atoms with Gasteiger partial charge in [-0.3, -0.25) is 14.6 Å². The summed E-state index contributed by atoms with van der Waals surface area (Å²) < 4.78 is 2.03. The molecular weight excluding hydrogens is 558 g/mol. The van der Waals surface area contributed by atoms with E-state index < -0.39 is 0 Å². The van der Waals surface area contributed by atoms with Crippen LogP contribution in [-0.4, -0.2) is 34.8 Å². The largest absolute Gasteiger partial charge is 0.370 e. The van der Waals surface area contributed by atoms with Gasteiger partial charge in [-0.25, -0.2) is 0 Å². The van der Waals surface area contributed by atoms with Crippen molar-refractivity contribution in [2.75, 3.05) is 13.1 Å². The Labute approximate surface area is 210 Å². The molecule has 2 N–H and O–H groups in total. The third-order valence-corrected chi connectivity index (χ3v) is 7.90. The lowest BCUT2D eigenvalue weighted by Crippen LogP contribution is -2.40. The van der Waals surface area contributed by atoms with Crippen LogP contribution in [0.3, 0.4) is 0 Å². The molecule has 4 rings (SSSR count). The first kappa shape index (κ1) is 23.7. The molecule has 1 atom stereocenters. The fourth-order valence-corrected chi connectivity index (χ4v) is 6.58. The number of rotatable bonds is 5. The number of benzene rings is 1. The van der Waals surface area contributed by atoms with Crippen LogP contribution in [0.1, 0.15) is 60.4 Å². The number of hydrogen-bond acceptors (Lipinski definition) is 3. The Morgan fingerprint density at radius 1 is 1.09 bits per heavy atom. The topological polar surface area (TPSA) is 76.3 Å². The lowest BCUT2D eigenvalue weighted by molar-refractivity contribution is -0.132. The second kappa shape index (κ2) is 10.2. The quantitative estimate of drug-likeness (QED) is 0.513. The fourth-order valence-electron chi connectivity index (χ4n) is 5.08. The van der Waals surface area contributed by atoms with Crippen molar-refractivity contribution in [1.82, 2.24) is 9.88 Å². The predicted molar refractivity (Wildman–Crippen MR) is 133 cm³/mol. The average Bonchev–Trinajstić information content (AvgIpc) is 2.90. The van der Waals surface area contributed by atoms with Crippen molar-refractivity contribution in [1.29, 1.82) is 0 Å². The van der Waals surface area contributed by atoms with Gasteiger partial charge in [-0.2, -0.15) is 0 Å². The molecule has 2 aromatic rings. The van der Waals surface area contributed by atoms with E-state index >= 15 is 0 Å². The highest BCUT2D eigenvalue weighted by Crippen LogP contribution is 2.46. The standard InChI is InChI=1S/C24H26Br2ClN3O2/c25-17-10-16-5-4-15-11-18(27)12-19(26)22(15)23(24(16)29-13-17)14-6-8-30(9-7-14)21(32)3-1-2-20(28)31/h10-14,23H,1-9H2,(H2,28,31)/t23-/m1/s1. The molecular formula is C24H26Br2ClN3O2. The highest BCUT2D eigenvalue weighted by Gasteiger charge is 2.36. The van der Waals surface area contributed by atoms with Gasteiger partial charge in [0.05, 0.1) is 5.69 Å². The SMILES string of the molecule is NC(=O)CCCC(=O)N1CCC([C@H]2c3ncc(Br)cc3CCc3cc(Cl)cc(Br)c32)CC1. The minimum Gasteiger partial charge on any atom is -0.370 e. The number of nitrogens with zero attached hydrogens (tertiary/aromatic N) is 2. The summed E-state index contributed by atoms with van der Waals surface area (Å²) in [4.78, 5) is 30.3. The number of aryl methyl sites for hydroxylation is 2. The van der Waals surface area contributed by atoms with Crippen molar-refractivity contribution >= 4 is 55.3 Å². The van der Waals surface area contributed by atoms with Crippen LogP contribution in [0.5, 0.6) is 0 Å². The molecule has 1 aromatic carbocycles. The molecule has 1 fully saturated rings. The maximum Gasteiger partial charge on any atom is 0.222 e. The maximum atomic E-state index is 12.6. The van der Waals surface area contributed by atoms with E-state index in [-0.39, 0.29) is 24.2 Å². The summed E-state index contributed by atoms with van der Waals surface area (Å²) in [5.74, 6) is 0.300. The van der Waals surface area contributed by atoms with E-state index in [1.165, 1.54) is 16.7 Å². The van der Waals surface area contributed by atoms with Crippen molar-refractivity contribution in [3.05, 3.63) is 60.7 Å². The molecule has 1 aliphatic carbocycles. The molecule has 1 aliphatic heterocycles. The van der Waals surface area contributed by atoms with E-state index in [9.17, 15) is 9.59 Å². The number of piperidine rings is 1. The minimum atomic E-state index is -0.355. The molecule has 0 bridgehead atoms. The Morgan fingerprint density at radius 2 is 1.81 bits per heavy atom. The van der Waals surface area contributed by atoms with Gasteiger partial charge in [0.1, 0.15) is 0 Å². The van der Waals surface area contributed by atoms with Crippen LogP contribution < -0.4 is 5.73 Å². The number of nitrogens with two attached hydrogens (primary N) is 1. The second-order valence-corrected chi connectivity index (χ2v) is 10.9. The van der Waals surface area contributed by atoms with Gasteiger partial charge in [-0.1, -0.05) is 27.5 Å². The molecule has 0 unspecified atom stereocenters. The third kappa shape index (κ3) is 5.20. The molecule has 170 valence electrons. The van der Waals surface area contributed by atoms with Gasteiger partial charge in [0.25, 0.3) is 0 Å². The van der Waals surface area contributed by atoms with Crippen LogP contribution in [0, 0.1) is 5.92 Å². The zero-order valence-corrected chi connectivity index (χ0v) is 21.7. The first-order valence-corrected chi connectivity index (χ1v) is 13.0. The van der Waals surface area contributed by atoms with Crippen LogP contribution >= 0.6 is 43.5 Å². The number of pyridine rings is 1. The summed E-state index contributed by atoms with van der Waals surface area (Å²) in [5.41, 5.74) is 10.2. The van der Waals surface area contributed by atoms with Gasteiger partial charge >= 0.3 is 0 Å². The summed E-state index contributed by atoms with van der Waals surface area (Å²) in [6.07, 6.45) is 6.72. The van der Waals surface area contributed by atoms with Gasteiger partial charge in [0.15, 0.2) is 0 Å². The summed E-state index contributed by atoms with van der Waals surface area (Å²) >= 11 is 13.8. The van der Waals surface area contributed by atoms with Crippen LogP contribution in [0.4, 0.5) is 0 Å². The lowest BCUT2D eigenvalue weighted by atomic mass is 9.76. The Hall–Kier alpha value is -1.44. The van der Waals surface area contributed by atoms with E-state index in [0.717, 1.165) is 58.4 Å². The lowest BCUT2D eigenvalue weighted by Gasteiger charge is -2.37. The molecule has 1 saturated heterocycles. The van der Waals surface area contributed by atoms with Crippen molar-refractivity contribution in [2.45, 2.75) is 50.9 Å². The van der Waals surface area contributed by atoms with Crippen molar-refractivity contribution in [3.8, 4) is 0 Å². The van der Waals surface area contributed by atoms with Crippen LogP contribution in [0.2, 0.25) is 5.02 Å². The zero-order chi connectivity index (χ0) is 22.8. The number of amides is 2. The van der Waals surface area contributed by atoms with Gasteiger partial charge in [-0.05, 0) is 88.8 Å². The highest BCUT2D eigenvalue weighted by molar-refractivity contribution is 9.10. The minimum absolute atomic E-state index is 0.112. The monoisotopic (exact) mass is 581 g/mol. The van der Waals surface area contributed by atoms with E-state index in [0.29, 0.717) is 18.8 Å². The van der Waals surface area contributed by atoms with Crippen molar-refractivity contribution in [3.63, 3.8) is 0 Å². The molecule has 2 amide bonds. The van der Waals surface area contributed by atoms with E-state index in [1.807, 2.05) is 17.2 Å². The normalized spacial score (nSPS) is 18.6. The first-order chi connectivity index (χ1) is 15.3. The molecule has 32 heavy (non-hydrogen) atoms. The summed E-state index contributed by atoms with van der Waals surface area (Å²) in [5, 5.41) is 0.742. The number of fused-ring (bicyclic) bond motifs is 2. The smallest absolute Gasteiger partial charge is 0.222 e. The summed E-state index contributed by atoms with van der Waals surface area (Å²) in [7, 11) is 0. The number of likely N-dealkylation sites (tertiary alicyclic amines) is 1. The van der Waals surface area contributed by atoms with Gasteiger partial charge in [-0.15, -0.1) is 0 Å². The van der Waals surface area contributed by atoms with E-state index in [2.05, 4.69) is 44.0 Å². The number of aromatic nitrogens is 1. The second-order valence-electron chi connectivity index (χ2n) is 8.67. The van der Waals surface area contributed by atoms with Crippen LogP contribution in [0.25, 0.3) is 0 Å². The Bertz CT molecular complexity index is 1040. The maximum absolute atomic E-state index is 12.6. The molecule has 2 heterocycles. The van der Waals surface area contributed by atoms with E-state index in [1.54, 1.807) is 0 Å². The average molecular weight is 584 g/mol. The number of carbonyl (C=O) groups is 2. The number of halogens is 3. The fraction of sp³-hybridized carbons (Fsp3) is 0.458. The number of hydrogen-bond donors (Lipinski definition) is 1. The zero-order valence-electron chi connectivity index (χ0n) is 17.8. The van der Waals surface area contributed by atoms with Crippen LogP contribution in [0.15, 0.2) is 33.3 Å². The Kier molecular flexibility index (Phi) is 7.58. The van der Waals surface area contributed by atoms with Crippen LogP contribution in [-0.2, 0) is 22.4 Å². The molecule has 8 heteroatoms. The number of primary amides is 1. The van der Waals surface area contributed by atoms with Gasteiger partial charge in [0.2, 0.25) is 11.8 Å². The molecule has 2 aliphatic rings. The van der Waals surface area contributed by atoms with E-state index in [4.69, 9.17) is 22.3 Å². The summed E-state index contributed by atoms with van der Waals surface area (Å²) in [6.45, 7) is 1.45. The number of carbonyl (C=O) groups excluding carboxylic acids is 2. The predicted octanol–water partition coefficient (Wildman–Crippen LogP) is 5.38. The third-order valence-electron chi connectivity index (χ3n) is 6.59. The molecule has 5 nitrogen and oxygen atoms in total. The van der Waals surface area contributed by atoms with Crippen molar-refractivity contribution < 1.29 is 9.59 Å². The van der Waals surface area contributed by atoms with Crippen molar-refractivity contribution in [2.24, 2.45) is 11.7 Å².